The highest BCUT2D eigenvalue weighted by molar-refractivity contribution is 6.24. The van der Waals surface area contributed by atoms with Crippen molar-refractivity contribution in [2.24, 2.45) is 11.8 Å². The van der Waals surface area contributed by atoms with Gasteiger partial charge in [-0.2, -0.15) is 10.0 Å². The van der Waals surface area contributed by atoms with Gasteiger partial charge in [-0.15, -0.1) is 0 Å². The monoisotopic (exact) mass is 312 g/mol. The average molecular weight is 312 g/mol. The zero-order valence-electron chi connectivity index (χ0n) is 12.0. The molecule has 0 unspecified atom stereocenters. The van der Waals surface area contributed by atoms with Crippen LogP contribution in [0.4, 0.5) is 0 Å². The van der Waals surface area contributed by atoms with Crippen molar-refractivity contribution in [3.63, 3.8) is 0 Å². The van der Waals surface area contributed by atoms with Crippen molar-refractivity contribution in [1.29, 1.82) is 0 Å². The summed E-state index contributed by atoms with van der Waals surface area (Å²) in [5.41, 5.74) is 0.434. The first-order chi connectivity index (χ1) is 11.1. The summed E-state index contributed by atoms with van der Waals surface area (Å²) < 4.78 is 5.65. The van der Waals surface area contributed by atoms with Gasteiger partial charge in [-0.1, -0.05) is 12.1 Å². The zero-order valence-corrected chi connectivity index (χ0v) is 12.0. The molecule has 4 aliphatic rings. The molecule has 3 saturated heterocycles. The maximum atomic E-state index is 12.7. The Morgan fingerprint density at radius 2 is 1.26 bits per heavy atom. The van der Waals surface area contributed by atoms with Gasteiger partial charge >= 0.3 is 0 Å². The molecular formula is C16H12N2O5. The number of hydrogen-bond donors (Lipinski definition) is 0. The van der Waals surface area contributed by atoms with Gasteiger partial charge in [0.1, 0.15) is 0 Å². The number of ether oxygens (including phenoxy) is 1. The van der Waals surface area contributed by atoms with Crippen LogP contribution in [-0.2, 0) is 14.3 Å². The van der Waals surface area contributed by atoms with Crippen LogP contribution in [0, 0.1) is 11.8 Å². The Labute approximate surface area is 130 Å². The minimum atomic E-state index is -0.625. The number of hydrazine groups is 1. The molecule has 7 heteroatoms. The molecule has 0 saturated carbocycles. The van der Waals surface area contributed by atoms with E-state index in [9.17, 15) is 19.2 Å². The lowest BCUT2D eigenvalue weighted by atomic mass is 9.81. The number of carbonyl (C=O) groups is 4. The van der Waals surface area contributed by atoms with E-state index in [4.69, 9.17) is 4.74 Å². The molecule has 0 radical (unpaired) electrons. The summed E-state index contributed by atoms with van der Waals surface area (Å²) in [4.78, 5) is 50.4. The second-order valence-corrected chi connectivity index (χ2v) is 6.30. The number of benzene rings is 1. The average Bonchev–Trinajstić information content (AvgIpc) is 3.28. The molecule has 0 aliphatic carbocycles. The van der Waals surface area contributed by atoms with Crippen LogP contribution in [0.15, 0.2) is 24.3 Å². The fourth-order valence-electron chi connectivity index (χ4n) is 4.25. The third-order valence-electron chi connectivity index (χ3n) is 5.23. The molecule has 4 aliphatic heterocycles. The summed E-state index contributed by atoms with van der Waals surface area (Å²) >= 11 is 0. The van der Waals surface area contributed by atoms with E-state index in [0.717, 1.165) is 17.9 Å². The minimum absolute atomic E-state index is 0.217. The normalized spacial score (nSPS) is 34.6. The lowest BCUT2D eigenvalue weighted by Crippen LogP contribution is -2.51. The molecule has 7 nitrogen and oxygen atoms in total. The van der Waals surface area contributed by atoms with Crippen molar-refractivity contribution in [2.45, 2.75) is 25.0 Å². The number of carbonyl (C=O) groups excluding carboxylic acids is 4. The molecule has 0 spiro atoms. The van der Waals surface area contributed by atoms with Gasteiger partial charge in [-0.25, -0.2) is 0 Å². The van der Waals surface area contributed by atoms with Crippen LogP contribution < -0.4 is 0 Å². The van der Waals surface area contributed by atoms with Crippen LogP contribution in [-0.4, -0.2) is 45.9 Å². The summed E-state index contributed by atoms with van der Waals surface area (Å²) in [6, 6.07) is 6.33. The van der Waals surface area contributed by atoms with E-state index in [0.29, 0.717) is 5.01 Å². The van der Waals surface area contributed by atoms with Crippen molar-refractivity contribution < 1.29 is 23.9 Å². The SMILES string of the molecule is O=C1c2ccccc2C(=O)N1N1C(=O)[C@@H]2[C@@H](C1=O)[C@@H]1CC[C@@H]2O1. The lowest BCUT2D eigenvalue weighted by Gasteiger charge is -2.25. The highest BCUT2D eigenvalue weighted by Crippen LogP contribution is 2.49. The Kier molecular flexibility index (Phi) is 2.28. The van der Waals surface area contributed by atoms with Gasteiger partial charge in [0.15, 0.2) is 0 Å². The Morgan fingerprint density at radius 3 is 1.74 bits per heavy atom. The lowest BCUT2D eigenvalue weighted by molar-refractivity contribution is -0.154. The fraction of sp³-hybridized carbons (Fsp3) is 0.375. The molecule has 4 heterocycles. The minimum Gasteiger partial charge on any atom is -0.373 e. The van der Waals surface area contributed by atoms with Crippen molar-refractivity contribution >= 4 is 23.6 Å². The van der Waals surface area contributed by atoms with Crippen LogP contribution in [0.3, 0.4) is 0 Å². The van der Waals surface area contributed by atoms with Crippen LogP contribution in [0.1, 0.15) is 33.6 Å². The Bertz CT molecular complexity index is 740. The summed E-state index contributed by atoms with van der Waals surface area (Å²) in [6.45, 7) is 0. The van der Waals surface area contributed by atoms with E-state index in [-0.39, 0.29) is 23.3 Å². The largest absolute Gasteiger partial charge is 0.373 e. The van der Waals surface area contributed by atoms with Crippen molar-refractivity contribution in [3.8, 4) is 0 Å². The molecule has 116 valence electrons. The predicted molar refractivity (Wildman–Crippen MR) is 73.7 cm³/mol. The second-order valence-electron chi connectivity index (χ2n) is 6.30. The zero-order chi connectivity index (χ0) is 15.9. The van der Waals surface area contributed by atoms with Crippen LogP contribution in [0.5, 0.6) is 0 Å². The Balaban J connectivity index is 1.57. The smallest absolute Gasteiger partial charge is 0.281 e. The highest BCUT2D eigenvalue weighted by Gasteiger charge is 2.65. The predicted octanol–water partition coefficient (Wildman–Crippen LogP) is 0.360. The number of hydrogen-bond acceptors (Lipinski definition) is 5. The van der Waals surface area contributed by atoms with E-state index in [1.807, 2.05) is 0 Å². The van der Waals surface area contributed by atoms with Gasteiger partial charge in [-0.3, -0.25) is 19.2 Å². The molecule has 1 aromatic rings. The second kappa shape index (κ2) is 4.05. The van der Waals surface area contributed by atoms with Crippen LogP contribution in [0.25, 0.3) is 0 Å². The maximum Gasteiger partial charge on any atom is 0.281 e. The standard InChI is InChI=1S/C16H12N2O5/c19-13-7-3-1-2-4-8(7)14(20)17(13)18-15(21)11-9-5-6-10(23-9)12(11)16(18)22/h1-4,9-12H,5-6H2/t9-,10-,11-,12-/m0/s1. The van der Waals surface area contributed by atoms with Crippen LogP contribution in [0.2, 0.25) is 0 Å². The van der Waals surface area contributed by atoms with E-state index < -0.39 is 35.5 Å². The summed E-state index contributed by atoms with van der Waals surface area (Å²) in [6.07, 6.45) is 0.921. The van der Waals surface area contributed by atoms with Crippen molar-refractivity contribution in [2.75, 3.05) is 0 Å². The quantitative estimate of drug-likeness (QED) is 0.699. The number of imide groups is 2. The highest BCUT2D eigenvalue weighted by atomic mass is 16.5. The Morgan fingerprint density at radius 1 is 0.783 bits per heavy atom. The maximum absolute atomic E-state index is 12.7. The van der Waals surface area contributed by atoms with Gasteiger partial charge in [-0.05, 0) is 25.0 Å². The summed E-state index contributed by atoms with van der Waals surface area (Å²) in [7, 11) is 0. The van der Waals surface area contributed by atoms with E-state index >= 15 is 0 Å². The molecule has 2 bridgehead atoms. The molecule has 4 amide bonds. The first-order valence-electron chi connectivity index (χ1n) is 7.60. The van der Waals surface area contributed by atoms with Crippen LogP contribution >= 0.6 is 0 Å². The van der Waals surface area contributed by atoms with E-state index in [1.165, 1.54) is 12.1 Å². The van der Waals surface area contributed by atoms with Gasteiger partial charge in [0.25, 0.3) is 23.6 Å². The third-order valence-corrected chi connectivity index (χ3v) is 5.23. The van der Waals surface area contributed by atoms with Crippen molar-refractivity contribution in [1.82, 2.24) is 10.0 Å². The van der Waals surface area contributed by atoms with Gasteiger partial charge in [0.05, 0.1) is 35.2 Å². The summed E-state index contributed by atoms with van der Waals surface area (Å²) in [5, 5.41) is 1.46. The molecule has 23 heavy (non-hydrogen) atoms. The molecule has 1 aromatic carbocycles. The van der Waals surface area contributed by atoms with E-state index in [1.54, 1.807) is 12.1 Å². The molecule has 0 N–H and O–H groups in total. The first kappa shape index (κ1) is 13.0. The van der Waals surface area contributed by atoms with Gasteiger partial charge in [0.2, 0.25) is 0 Å². The fourth-order valence-corrected chi connectivity index (χ4v) is 4.25. The molecule has 5 rings (SSSR count). The molecular weight excluding hydrogens is 300 g/mol. The third kappa shape index (κ3) is 1.38. The van der Waals surface area contributed by atoms with Gasteiger partial charge < -0.3 is 4.74 Å². The number of fused-ring (bicyclic) bond motifs is 6. The van der Waals surface area contributed by atoms with Gasteiger partial charge in [0, 0.05) is 0 Å². The van der Waals surface area contributed by atoms with Crippen molar-refractivity contribution in [3.05, 3.63) is 35.4 Å². The number of nitrogens with zero attached hydrogens (tertiary/aromatic N) is 2. The molecule has 0 aromatic heterocycles. The molecule has 3 fully saturated rings. The number of amides is 4. The van der Waals surface area contributed by atoms with E-state index in [2.05, 4.69) is 0 Å². The Hall–Kier alpha value is -2.54. The first-order valence-corrected chi connectivity index (χ1v) is 7.60. The number of rotatable bonds is 1. The summed E-state index contributed by atoms with van der Waals surface area (Å²) in [5.74, 6) is -3.37. The topological polar surface area (TPSA) is 84.0 Å². The molecule has 4 atom stereocenters.